The van der Waals surface area contributed by atoms with Gasteiger partial charge in [-0.25, -0.2) is 13.8 Å². The molecule has 0 aliphatic carbocycles. The van der Waals surface area contributed by atoms with E-state index in [0.717, 1.165) is 17.3 Å². The van der Waals surface area contributed by atoms with Crippen LogP contribution in [0.3, 0.4) is 0 Å². The van der Waals surface area contributed by atoms with Crippen LogP contribution >= 0.6 is 0 Å². The second-order valence-electron chi connectivity index (χ2n) is 6.16. The van der Waals surface area contributed by atoms with Crippen molar-refractivity contribution in [3.8, 4) is 16.8 Å². The zero-order valence-corrected chi connectivity index (χ0v) is 15.0. The maximum absolute atomic E-state index is 14.0. The first kappa shape index (κ1) is 19.8. The first-order valence-electron chi connectivity index (χ1n) is 8.23. The van der Waals surface area contributed by atoms with E-state index in [1.165, 1.54) is 12.1 Å². The van der Waals surface area contributed by atoms with Crippen LogP contribution < -0.4 is 24.0 Å². The van der Waals surface area contributed by atoms with Crippen LogP contribution in [0.2, 0.25) is 0 Å². The van der Waals surface area contributed by atoms with Gasteiger partial charge in [-0.2, -0.15) is 0 Å². The summed E-state index contributed by atoms with van der Waals surface area (Å²) in [5.74, 6) is -2.38. The fourth-order valence-electron chi connectivity index (χ4n) is 3.05. The number of hydrogen-bond acceptors (Lipinski definition) is 3. The Hall–Kier alpha value is -2.94. The van der Waals surface area contributed by atoms with Gasteiger partial charge in [-0.15, -0.1) is 0 Å². The van der Waals surface area contributed by atoms with Gasteiger partial charge in [0.1, 0.15) is 18.0 Å². The summed E-state index contributed by atoms with van der Waals surface area (Å²) in [4.78, 5) is 15.0. The Kier molecular flexibility index (Phi) is 5.64. The molecule has 0 aliphatic heterocycles. The number of halogens is 2. The summed E-state index contributed by atoms with van der Waals surface area (Å²) in [6.45, 7) is 0. The van der Waals surface area contributed by atoms with E-state index in [4.69, 9.17) is 0 Å². The molecule has 1 aromatic heterocycles. The molecule has 0 atom stereocenters. The van der Waals surface area contributed by atoms with Gasteiger partial charge in [0, 0.05) is 29.7 Å². The van der Waals surface area contributed by atoms with Gasteiger partial charge in [0.05, 0.1) is 11.0 Å². The fourth-order valence-corrected chi connectivity index (χ4v) is 3.05. The Morgan fingerprint density at radius 2 is 1.75 bits per heavy atom. The van der Waals surface area contributed by atoms with Crippen LogP contribution in [-0.2, 0) is 11.2 Å². The number of nitrogens with zero attached hydrogens (tertiary/aromatic N) is 2. The Bertz CT molecular complexity index is 1160. The molecule has 134 valence electrons. The van der Waals surface area contributed by atoms with Crippen molar-refractivity contribution in [2.45, 2.75) is 6.42 Å². The number of aromatic nitrogens is 2. The van der Waals surface area contributed by atoms with E-state index in [1.54, 1.807) is 42.7 Å². The van der Waals surface area contributed by atoms with Gasteiger partial charge in [0.15, 0.2) is 0 Å². The molecule has 0 spiro atoms. The summed E-state index contributed by atoms with van der Waals surface area (Å²) in [5, 5.41) is 10.7. The molecule has 4 aromatic rings. The molecular weight excluding hydrogens is 357 g/mol. The molecule has 0 amide bonds. The van der Waals surface area contributed by atoms with Gasteiger partial charge in [-0.1, -0.05) is 18.2 Å². The topological polar surface area (TPSA) is 57.9 Å². The van der Waals surface area contributed by atoms with Crippen molar-refractivity contribution in [1.29, 1.82) is 0 Å². The number of carbonyl (C=O) groups is 1. The van der Waals surface area contributed by atoms with E-state index in [-0.39, 0.29) is 25.3 Å². The van der Waals surface area contributed by atoms with E-state index in [1.807, 2.05) is 10.6 Å². The summed E-state index contributed by atoms with van der Waals surface area (Å²) in [7, 11) is 0. The van der Waals surface area contributed by atoms with Crippen LogP contribution in [0, 0.1) is 11.6 Å². The van der Waals surface area contributed by atoms with Crippen molar-refractivity contribution < 1.29 is 37.5 Å². The molecular formula is C21H13F2LiN2O2. The number of imidazole rings is 1. The van der Waals surface area contributed by atoms with Crippen molar-refractivity contribution >= 4 is 17.0 Å². The third-order valence-corrected chi connectivity index (χ3v) is 4.35. The maximum atomic E-state index is 14.0. The minimum absolute atomic E-state index is 0. The van der Waals surface area contributed by atoms with Crippen molar-refractivity contribution in [2.75, 3.05) is 0 Å². The maximum Gasteiger partial charge on any atom is 1.00 e. The third-order valence-electron chi connectivity index (χ3n) is 4.35. The van der Waals surface area contributed by atoms with Crippen LogP contribution in [0.5, 0.6) is 0 Å². The average molecular weight is 370 g/mol. The van der Waals surface area contributed by atoms with Gasteiger partial charge in [-0.05, 0) is 47.5 Å². The minimum atomic E-state index is -1.13. The van der Waals surface area contributed by atoms with E-state index in [9.17, 15) is 18.7 Å². The first-order valence-corrected chi connectivity index (χ1v) is 8.23. The number of carboxylic acids is 1. The molecule has 0 unspecified atom stereocenters. The standard InChI is InChI=1S/C21H14F2N2O2.Li/c22-15-4-7-17(18(23)11-15)14-3-8-20-19(10-14)24-12-25(20)16-5-1-13(2-6-16)9-21(26)27;/h1-8,10-12H,9H2,(H,26,27);/q;+1/p-1. The molecule has 0 saturated carbocycles. The number of aliphatic carboxylic acids is 1. The Morgan fingerprint density at radius 3 is 2.43 bits per heavy atom. The van der Waals surface area contributed by atoms with Crippen molar-refractivity contribution in [1.82, 2.24) is 9.55 Å². The van der Waals surface area contributed by atoms with Gasteiger partial charge >= 0.3 is 18.9 Å². The van der Waals surface area contributed by atoms with Gasteiger partial charge in [-0.3, -0.25) is 4.57 Å². The van der Waals surface area contributed by atoms with Crippen LogP contribution in [-0.4, -0.2) is 15.5 Å². The summed E-state index contributed by atoms with van der Waals surface area (Å²) in [5.41, 5.74) is 3.86. The number of hydrogen-bond donors (Lipinski definition) is 0. The number of carbonyl (C=O) groups excluding carboxylic acids is 1. The molecule has 4 nitrogen and oxygen atoms in total. The zero-order chi connectivity index (χ0) is 19.0. The van der Waals surface area contributed by atoms with Crippen LogP contribution in [0.15, 0.2) is 67.0 Å². The van der Waals surface area contributed by atoms with Crippen molar-refractivity contribution in [3.05, 3.63) is 84.2 Å². The van der Waals surface area contributed by atoms with E-state index >= 15 is 0 Å². The molecule has 0 fully saturated rings. The summed E-state index contributed by atoms with van der Waals surface area (Å²) >= 11 is 0. The average Bonchev–Trinajstić information content (AvgIpc) is 3.05. The number of carboxylic acid groups (broad SMARTS) is 1. The van der Waals surface area contributed by atoms with Crippen LogP contribution in [0.1, 0.15) is 5.56 Å². The summed E-state index contributed by atoms with van der Waals surface area (Å²) in [6, 6.07) is 15.8. The monoisotopic (exact) mass is 370 g/mol. The Balaban J connectivity index is 0.00000225. The molecule has 0 N–H and O–H groups in total. The molecule has 0 radical (unpaired) electrons. The van der Waals surface area contributed by atoms with Gasteiger partial charge in [0.2, 0.25) is 0 Å². The SMILES string of the molecule is O=C([O-])Cc1ccc(-n2cnc3cc(-c4ccc(F)cc4F)ccc32)cc1.[Li+]. The van der Waals surface area contributed by atoms with Gasteiger partial charge < -0.3 is 9.90 Å². The Labute approximate surface area is 171 Å². The second kappa shape index (κ2) is 7.97. The number of benzene rings is 3. The zero-order valence-electron chi connectivity index (χ0n) is 15.0. The van der Waals surface area contributed by atoms with E-state index < -0.39 is 17.6 Å². The third kappa shape index (κ3) is 3.84. The van der Waals surface area contributed by atoms with E-state index in [0.29, 0.717) is 22.2 Å². The smallest absolute Gasteiger partial charge is 0.550 e. The summed E-state index contributed by atoms with van der Waals surface area (Å²) in [6.07, 6.45) is 1.50. The molecule has 4 rings (SSSR count). The van der Waals surface area contributed by atoms with Crippen molar-refractivity contribution in [3.63, 3.8) is 0 Å². The Morgan fingerprint density at radius 1 is 1.00 bits per heavy atom. The number of fused-ring (bicyclic) bond motifs is 1. The fraction of sp³-hybridized carbons (Fsp3) is 0.0476. The molecule has 28 heavy (non-hydrogen) atoms. The first-order chi connectivity index (χ1) is 13.0. The summed E-state index contributed by atoms with van der Waals surface area (Å²) < 4.78 is 29.0. The molecule has 3 aromatic carbocycles. The quantitative estimate of drug-likeness (QED) is 0.485. The molecule has 7 heteroatoms. The predicted molar refractivity (Wildman–Crippen MR) is 95.1 cm³/mol. The normalized spacial score (nSPS) is 10.6. The van der Waals surface area contributed by atoms with Crippen LogP contribution in [0.25, 0.3) is 27.8 Å². The molecule has 1 heterocycles. The minimum Gasteiger partial charge on any atom is -0.550 e. The molecule has 0 aliphatic rings. The molecule has 0 bridgehead atoms. The largest absolute Gasteiger partial charge is 1.00 e. The van der Waals surface area contributed by atoms with E-state index in [2.05, 4.69) is 4.98 Å². The van der Waals surface area contributed by atoms with Gasteiger partial charge in [0.25, 0.3) is 0 Å². The second-order valence-corrected chi connectivity index (χ2v) is 6.16. The molecule has 0 saturated heterocycles. The van der Waals surface area contributed by atoms with Crippen molar-refractivity contribution in [2.24, 2.45) is 0 Å². The number of rotatable bonds is 4. The van der Waals surface area contributed by atoms with Crippen LogP contribution in [0.4, 0.5) is 8.78 Å². The predicted octanol–water partition coefficient (Wildman–Crippen LogP) is 0.267.